The fraction of sp³-hybridized carbons (Fsp3) is 0.323. The summed E-state index contributed by atoms with van der Waals surface area (Å²) in [6, 6.07) is 27.9. The Morgan fingerprint density at radius 2 is 1.46 bits per heavy atom. The molecule has 6 nitrogen and oxygen atoms in total. The van der Waals surface area contributed by atoms with Crippen molar-refractivity contribution in [1.29, 1.82) is 0 Å². The van der Waals surface area contributed by atoms with Crippen molar-refractivity contribution in [3.63, 3.8) is 0 Å². The van der Waals surface area contributed by atoms with E-state index in [2.05, 4.69) is 68.5 Å². The van der Waals surface area contributed by atoms with Crippen molar-refractivity contribution in [1.82, 2.24) is 9.80 Å². The standard InChI is InChI=1S/C31H34N4O2.2ClH/c1-22-10-9-11-23(2)31(22)32-29(36)19-33-17-27-16-26(33)18-34(27)20-30-35(25-14-7-4-8-15-25)28(21-37-30)24-12-5-3-6-13-24;;/h3-15,21,26-27,30H,16-20H2,1-2H3,(H,32,36);2*1H. The molecule has 3 atom stereocenters. The Labute approximate surface area is 243 Å². The van der Waals surface area contributed by atoms with E-state index in [0.717, 1.165) is 59.8 Å². The Morgan fingerprint density at radius 3 is 2.10 bits per heavy atom. The summed E-state index contributed by atoms with van der Waals surface area (Å²) in [4.78, 5) is 20.1. The minimum atomic E-state index is -0.0854. The summed E-state index contributed by atoms with van der Waals surface area (Å²) < 4.78 is 6.28. The summed E-state index contributed by atoms with van der Waals surface area (Å²) >= 11 is 0. The molecule has 3 aromatic rings. The van der Waals surface area contributed by atoms with E-state index < -0.39 is 0 Å². The first-order valence-corrected chi connectivity index (χ1v) is 13.2. The molecule has 3 unspecified atom stereocenters. The lowest BCUT2D eigenvalue weighted by Gasteiger charge is -2.37. The van der Waals surface area contributed by atoms with E-state index >= 15 is 0 Å². The van der Waals surface area contributed by atoms with Crippen molar-refractivity contribution in [2.24, 2.45) is 0 Å². The number of hydrogen-bond donors (Lipinski definition) is 1. The molecule has 3 aliphatic heterocycles. The highest BCUT2D eigenvalue weighted by atomic mass is 35.5. The number of halogens is 2. The Balaban J connectivity index is 0.00000176. The van der Waals surface area contributed by atoms with Gasteiger partial charge in [-0.3, -0.25) is 14.6 Å². The predicted octanol–water partition coefficient (Wildman–Crippen LogP) is 5.71. The van der Waals surface area contributed by atoms with Crippen LogP contribution in [0.5, 0.6) is 0 Å². The summed E-state index contributed by atoms with van der Waals surface area (Å²) in [6.07, 6.45) is 2.93. The number of amides is 1. The molecule has 0 aliphatic carbocycles. The van der Waals surface area contributed by atoms with Crippen LogP contribution in [0.2, 0.25) is 0 Å². The zero-order valence-corrected chi connectivity index (χ0v) is 24.0. The maximum atomic E-state index is 12.9. The van der Waals surface area contributed by atoms with Gasteiger partial charge in [0, 0.05) is 42.1 Å². The number of carbonyl (C=O) groups excluding carboxylic acids is 1. The number of para-hydroxylation sites is 2. The molecule has 0 aromatic heterocycles. The lowest BCUT2D eigenvalue weighted by Crippen LogP contribution is -2.52. The zero-order valence-electron chi connectivity index (χ0n) is 22.3. The van der Waals surface area contributed by atoms with Crippen LogP contribution in [-0.4, -0.2) is 60.2 Å². The van der Waals surface area contributed by atoms with Crippen LogP contribution in [0.3, 0.4) is 0 Å². The van der Waals surface area contributed by atoms with Gasteiger partial charge >= 0.3 is 0 Å². The number of nitrogens with zero attached hydrogens (tertiary/aromatic N) is 3. The van der Waals surface area contributed by atoms with Gasteiger partial charge in [-0.1, -0.05) is 66.7 Å². The van der Waals surface area contributed by atoms with Gasteiger partial charge in [-0.15, -0.1) is 24.8 Å². The minimum absolute atomic E-state index is 0. The first-order chi connectivity index (χ1) is 18.1. The maximum Gasteiger partial charge on any atom is 0.238 e. The quantitative estimate of drug-likeness (QED) is 0.397. The van der Waals surface area contributed by atoms with Crippen LogP contribution in [0.25, 0.3) is 5.70 Å². The van der Waals surface area contributed by atoms with Crippen LogP contribution in [0.4, 0.5) is 11.4 Å². The molecule has 1 amide bonds. The van der Waals surface area contributed by atoms with Gasteiger partial charge in [0.05, 0.1) is 18.8 Å². The third-order valence-corrected chi connectivity index (χ3v) is 7.94. The Morgan fingerprint density at radius 1 is 0.846 bits per heavy atom. The van der Waals surface area contributed by atoms with E-state index in [1.165, 1.54) is 0 Å². The van der Waals surface area contributed by atoms with Crippen molar-refractivity contribution in [2.75, 3.05) is 36.4 Å². The van der Waals surface area contributed by atoms with Gasteiger partial charge in [0.15, 0.2) is 6.23 Å². The average Bonchev–Trinajstić information content (AvgIpc) is 3.62. The molecule has 6 rings (SSSR count). The van der Waals surface area contributed by atoms with E-state index in [1.807, 2.05) is 50.4 Å². The number of ether oxygens (including phenoxy) is 1. The van der Waals surface area contributed by atoms with Gasteiger partial charge in [-0.25, -0.2) is 0 Å². The molecule has 2 fully saturated rings. The summed E-state index contributed by atoms with van der Waals surface area (Å²) in [5.41, 5.74) is 6.52. The first kappa shape index (κ1) is 29.0. The summed E-state index contributed by atoms with van der Waals surface area (Å²) in [7, 11) is 0. The molecule has 0 spiro atoms. The van der Waals surface area contributed by atoms with Crippen molar-refractivity contribution in [3.8, 4) is 0 Å². The first-order valence-electron chi connectivity index (χ1n) is 13.2. The zero-order chi connectivity index (χ0) is 25.4. The average molecular weight is 568 g/mol. The van der Waals surface area contributed by atoms with Gasteiger partial charge in [-0.2, -0.15) is 0 Å². The third kappa shape index (κ3) is 5.94. The number of nitrogens with one attached hydrogen (secondary N) is 1. The Kier molecular flexibility index (Phi) is 9.23. The highest BCUT2D eigenvalue weighted by molar-refractivity contribution is 5.93. The predicted molar refractivity (Wildman–Crippen MR) is 163 cm³/mol. The second-order valence-corrected chi connectivity index (χ2v) is 10.4. The second kappa shape index (κ2) is 12.4. The summed E-state index contributed by atoms with van der Waals surface area (Å²) in [5, 5.41) is 3.15. The summed E-state index contributed by atoms with van der Waals surface area (Å²) in [6.45, 7) is 7.23. The van der Waals surface area contributed by atoms with Crippen LogP contribution < -0.4 is 10.2 Å². The lowest BCUT2D eigenvalue weighted by atomic mass is 10.1. The number of piperazine rings is 1. The molecular formula is C31H36Cl2N4O2. The molecule has 3 heterocycles. The van der Waals surface area contributed by atoms with Crippen molar-refractivity contribution in [3.05, 3.63) is 102 Å². The summed E-state index contributed by atoms with van der Waals surface area (Å²) in [5.74, 6) is 0.0718. The molecule has 3 aromatic carbocycles. The van der Waals surface area contributed by atoms with Crippen molar-refractivity contribution in [2.45, 2.75) is 38.6 Å². The monoisotopic (exact) mass is 566 g/mol. The Hall–Kier alpha value is -3.03. The normalized spacial score (nSPS) is 22.1. The van der Waals surface area contributed by atoms with E-state index in [-0.39, 0.29) is 36.9 Å². The number of rotatable bonds is 7. The molecule has 0 saturated carbocycles. The largest absolute Gasteiger partial charge is 0.474 e. The fourth-order valence-electron chi connectivity index (χ4n) is 6.08. The minimum Gasteiger partial charge on any atom is -0.474 e. The number of fused-ring (bicyclic) bond motifs is 2. The van der Waals surface area contributed by atoms with E-state index in [1.54, 1.807) is 0 Å². The number of hydrogen-bond acceptors (Lipinski definition) is 5. The van der Waals surface area contributed by atoms with Gasteiger partial charge in [0.1, 0.15) is 6.26 Å². The van der Waals surface area contributed by atoms with Gasteiger partial charge in [0.25, 0.3) is 0 Å². The van der Waals surface area contributed by atoms with Crippen LogP contribution >= 0.6 is 24.8 Å². The SMILES string of the molecule is Cc1cccc(C)c1NC(=O)CN1CC2CC1CN2CC1OC=C(c2ccccc2)N1c1ccccc1.Cl.Cl. The number of aryl methyl sites for hydroxylation is 2. The highest BCUT2D eigenvalue weighted by Gasteiger charge is 2.45. The number of benzene rings is 3. The van der Waals surface area contributed by atoms with Gasteiger partial charge in [-0.05, 0) is 43.5 Å². The van der Waals surface area contributed by atoms with E-state index in [0.29, 0.717) is 18.6 Å². The molecule has 206 valence electrons. The van der Waals surface area contributed by atoms with Gasteiger partial charge in [0.2, 0.25) is 5.91 Å². The molecule has 39 heavy (non-hydrogen) atoms. The van der Waals surface area contributed by atoms with Crippen molar-refractivity contribution < 1.29 is 9.53 Å². The molecule has 1 N–H and O–H groups in total. The van der Waals surface area contributed by atoms with Crippen LogP contribution in [0.15, 0.2) is 85.1 Å². The van der Waals surface area contributed by atoms with Crippen LogP contribution in [0, 0.1) is 13.8 Å². The maximum absolute atomic E-state index is 12.9. The number of anilines is 2. The number of likely N-dealkylation sites (tertiary alicyclic amines) is 2. The molecule has 0 radical (unpaired) electrons. The number of carbonyl (C=O) groups is 1. The molecule has 3 aliphatic rings. The fourth-order valence-corrected chi connectivity index (χ4v) is 6.08. The van der Waals surface area contributed by atoms with Gasteiger partial charge < -0.3 is 15.0 Å². The Bertz CT molecular complexity index is 1280. The molecule has 2 saturated heterocycles. The van der Waals surface area contributed by atoms with E-state index in [9.17, 15) is 4.79 Å². The smallest absolute Gasteiger partial charge is 0.238 e. The van der Waals surface area contributed by atoms with E-state index in [4.69, 9.17) is 4.74 Å². The molecule has 2 bridgehead atoms. The molecule has 8 heteroatoms. The molecular weight excluding hydrogens is 531 g/mol. The highest BCUT2D eigenvalue weighted by Crippen LogP contribution is 2.37. The lowest BCUT2D eigenvalue weighted by molar-refractivity contribution is -0.117. The van der Waals surface area contributed by atoms with Crippen molar-refractivity contribution >= 4 is 47.8 Å². The topological polar surface area (TPSA) is 48.1 Å². The van der Waals surface area contributed by atoms with Crippen LogP contribution in [-0.2, 0) is 9.53 Å². The third-order valence-electron chi connectivity index (χ3n) is 7.94. The van der Waals surface area contributed by atoms with Crippen LogP contribution in [0.1, 0.15) is 23.1 Å². The second-order valence-electron chi connectivity index (χ2n) is 10.4.